The van der Waals surface area contributed by atoms with Crippen molar-refractivity contribution in [2.45, 2.75) is 20.4 Å². The maximum Gasteiger partial charge on any atom is 0.256 e. The van der Waals surface area contributed by atoms with Crippen molar-refractivity contribution in [3.05, 3.63) is 60.2 Å². The second-order valence-electron chi connectivity index (χ2n) is 6.43. The molecule has 2 aromatic carbocycles. The highest BCUT2D eigenvalue weighted by Gasteiger charge is 2.15. The van der Waals surface area contributed by atoms with Gasteiger partial charge in [-0.3, -0.25) is 9.59 Å². The molecule has 7 heteroatoms. The van der Waals surface area contributed by atoms with E-state index in [1.54, 1.807) is 28.9 Å². The lowest BCUT2D eigenvalue weighted by Gasteiger charge is -2.05. The number of aromatic nitrogens is 3. The number of carbonyl (C=O) groups excluding carboxylic acids is 2. The van der Waals surface area contributed by atoms with Gasteiger partial charge in [0.05, 0.1) is 10.9 Å². The number of amides is 2. The Kier molecular flexibility index (Phi) is 4.49. The Morgan fingerprint density at radius 2 is 1.79 bits per heavy atom. The summed E-state index contributed by atoms with van der Waals surface area (Å²) in [6.45, 7) is 4.06. The van der Waals surface area contributed by atoms with E-state index < -0.39 is 0 Å². The molecule has 2 heterocycles. The van der Waals surface area contributed by atoms with Gasteiger partial charge in [0.15, 0.2) is 11.5 Å². The zero-order chi connectivity index (χ0) is 19.7. The quantitative estimate of drug-likeness (QED) is 0.569. The second kappa shape index (κ2) is 7.11. The summed E-state index contributed by atoms with van der Waals surface area (Å²) in [5.41, 5.74) is 2.73. The molecule has 0 radical (unpaired) electrons. The van der Waals surface area contributed by atoms with Crippen molar-refractivity contribution >= 4 is 45.3 Å². The van der Waals surface area contributed by atoms with Crippen molar-refractivity contribution in [3.8, 4) is 0 Å². The van der Waals surface area contributed by atoms with Crippen LogP contribution in [0.3, 0.4) is 0 Å². The Bertz CT molecular complexity index is 1190. The number of para-hydroxylation sites is 1. The van der Waals surface area contributed by atoms with Crippen LogP contribution >= 0.6 is 0 Å². The molecule has 0 saturated carbocycles. The molecule has 4 aromatic rings. The molecule has 0 bridgehead atoms. The van der Waals surface area contributed by atoms with E-state index in [0.717, 1.165) is 21.9 Å². The summed E-state index contributed by atoms with van der Waals surface area (Å²) in [5, 5.41) is 11.9. The van der Waals surface area contributed by atoms with Crippen molar-refractivity contribution in [1.29, 1.82) is 0 Å². The molecule has 140 valence electrons. The number of nitrogens with zero attached hydrogens (tertiary/aromatic N) is 3. The number of nitrogens with one attached hydrogen (secondary N) is 2. The smallest absolute Gasteiger partial charge is 0.256 e. The molecule has 0 atom stereocenters. The van der Waals surface area contributed by atoms with Gasteiger partial charge in [0, 0.05) is 30.1 Å². The average Bonchev–Trinajstić information content (AvgIpc) is 3.03. The fourth-order valence-electron chi connectivity index (χ4n) is 3.10. The van der Waals surface area contributed by atoms with Gasteiger partial charge in [-0.15, -0.1) is 0 Å². The van der Waals surface area contributed by atoms with Gasteiger partial charge in [-0.05, 0) is 43.3 Å². The molecular formula is C21H19N5O2. The molecule has 2 aromatic heterocycles. The second-order valence-corrected chi connectivity index (χ2v) is 6.43. The predicted octanol–water partition coefficient (Wildman–Crippen LogP) is 3.82. The SMILES string of the molecule is CCn1nc(NC(=O)c2ccc(NC(C)=O)cc2)c2cc3ccccc3nc21. The van der Waals surface area contributed by atoms with Crippen molar-refractivity contribution in [2.24, 2.45) is 0 Å². The first-order chi connectivity index (χ1) is 13.5. The molecule has 0 aliphatic carbocycles. The minimum Gasteiger partial charge on any atom is -0.326 e. The summed E-state index contributed by atoms with van der Waals surface area (Å²) >= 11 is 0. The van der Waals surface area contributed by atoms with Crippen molar-refractivity contribution in [3.63, 3.8) is 0 Å². The van der Waals surface area contributed by atoms with Gasteiger partial charge in [-0.25, -0.2) is 9.67 Å². The van der Waals surface area contributed by atoms with Gasteiger partial charge in [-0.2, -0.15) is 5.10 Å². The van der Waals surface area contributed by atoms with Crippen LogP contribution in [0.2, 0.25) is 0 Å². The third-order valence-electron chi connectivity index (χ3n) is 4.42. The topological polar surface area (TPSA) is 88.9 Å². The standard InChI is InChI=1S/C21H19N5O2/c1-3-26-20-17(12-15-6-4-5-7-18(15)23-20)19(25-26)24-21(28)14-8-10-16(11-9-14)22-13(2)27/h4-12H,3H2,1-2H3,(H,22,27)(H,24,25,28). The average molecular weight is 373 g/mol. The molecule has 2 N–H and O–H groups in total. The number of aryl methyl sites for hydroxylation is 1. The molecular weight excluding hydrogens is 354 g/mol. The van der Waals surface area contributed by atoms with Crippen molar-refractivity contribution < 1.29 is 9.59 Å². The zero-order valence-electron chi connectivity index (χ0n) is 15.6. The molecule has 0 aliphatic heterocycles. The molecule has 0 spiro atoms. The number of hydrogen-bond acceptors (Lipinski definition) is 4. The summed E-state index contributed by atoms with van der Waals surface area (Å²) in [6, 6.07) is 16.5. The Hall–Kier alpha value is -3.74. The van der Waals surface area contributed by atoms with Gasteiger partial charge in [0.25, 0.3) is 5.91 Å². The van der Waals surface area contributed by atoms with E-state index in [1.807, 2.05) is 37.3 Å². The molecule has 4 rings (SSSR count). The number of pyridine rings is 1. The minimum absolute atomic E-state index is 0.159. The van der Waals surface area contributed by atoms with Crippen LogP contribution in [0.25, 0.3) is 21.9 Å². The van der Waals surface area contributed by atoms with E-state index in [0.29, 0.717) is 23.6 Å². The van der Waals surface area contributed by atoms with Crippen molar-refractivity contribution in [1.82, 2.24) is 14.8 Å². The maximum atomic E-state index is 12.7. The lowest BCUT2D eigenvalue weighted by Crippen LogP contribution is -2.13. The van der Waals surface area contributed by atoms with Gasteiger partial charge >= 0.3 is 0 Å². The van der Waals surface area contributed by atoms with E-state index in [1.165, 1.54) is 6.92 Å². The van der Waals surface area contributed by atoms with Gasteiger partial charge in [0.1, 0.15) is 0 Å². The van der Waals surface area contributed by atoms with E-state index in [2.05, 4.69) is 15.7 Å². The highest BCUT2D eigenvalue weighted by Crippen LogP contribution is 2.26. The van der Waals surface area contributed by atoms with E-state index >= 15 is 0 Å². The molecule has 0 saturated heterocycles. The maximum absolute atomic E-state index is 12.7. The highest BCUT2D eigenvalue weighted by atomic mass is 16.2. The molecule has 0 fully saturated rings. The lowest BCUT2D eigenvalue weighted by atomic mass is 10.1. The first kappa shape index (κ1) is 17.7. The highest BCUT2D eigenvalue weighted by molar-refractivity contribution is 6.09. The minimum atomic E-state index is -0.273. The molecule has 7 nitrogen and oxygen atoms in total. The van der Waals surface area contributed by atoms with Crippen LogP contribution in [0.5, 0.6) is 0 Å². The summed E-state index contributed by atoms with van der Waals surface area (Å²) in [7, 11) is 0. The van der Waals surface area contributed by atoms with Crippen LogP contribution in [-0.2, 0) is 11.3 Å². The largest absolute Gasteiger partial charge is 0.326 e. The van der Waals surface area contributed by atoms with E-state index in [9.17, 15) is 9.59 Å². The van der Waals surface area contributed by atoms with Crippen LogP contribution in [0.15, 0.2) is 54.6 Å². The molecule has 28 heavy (non-hydrogen) atoms. The Morgan fingerprint density at radius 3 is 2.50 bits per heavy atom. The Labute approximate surface area is 161 Å². The van der Waals surface area contributed by atoms with Crippen LogP contribution in [0, 0.1) is 0 Å². The van der Waals surface area contributed by atoms with Gasteiger partial charge in [0.2, 0.25) is 5.91 Å². The summed E-state index contributed by atoms with van der Waals surface area (Å²) in [4.78, 5) is 28.5. The summed E-state index contributed by atoms with van der Waals surface area (Å²) < 4.78 is 1.78. The van der Waals surface area contributed by atoms with E-state index in [4.69, 9.17) is 4.98 Å². The van der Waals surface area contributed by atoms with E-state index in [-0.39, 0.29) is 11.8 Å². The van der Waals surface area contributed by atoms with Crippen LogP contribution < -0.4 is 10.6 Å². The summed E-state index contributed by atoms with van der Waals surface area (Å²) in [6.07, 6.45) is 0. The summed E-state index contributed by atoms with van der Waals surface area (Å²) in [5.74, 6) is 0.0460. The Balaban J connectivity index is 1.68. The fraction of sp³-hybridized carbons (Fsp3) is 0.143. The molecule has 0 unspecified atom stereocenters. The number of hydrogen-bond donors (Lipinski definition) is 2. The number of anilines is 2. The van der Waals surface area contributed by atoms with Crippen LogP contribution in [-0.4, -0.2) is 26.6 Å². The van der Waals surface area contributed by atoms with Crippen LogP contribution in [0.1, 0.15) is 24.2 Å². The monoisotopic (exact) mass is 373 g/mol. The number of fused-ring (bicyclic) bond motifs is 2. The third kappa shape index (κ3) is 3.29. The lowest BCUT2D eigenvalue weighted by molar-refractivity contribution is -0.114. The molecule has 0 aliphatic rings. The van der Waals surface area contributed by atoms with Crippen molar-refractivity contribution in [2.75, 3.05) is 10.6 Å². The Morgan fingerprint density at radius 1 is 1.04 bits per heavy atom. The zero-order valence-corrected chi connectivity index (χ0v) is 15.6. The number of rotatable bonds is 4. The first-order valence-corrected chi connectivity index (χ1v) is 9.00. The van der Waals surface area contributed by atoms with Crippen LogP contribution in [0.4, 0.5) is 11.5 Å². The number of benzene rings is 2. The normalized spacial score (nSPS) is 10.9. The van der Waals surface area contributed by atoms with Gasteiger partial charge in [-0.1, -0.05) is 18.2 Å². The van der Waals surface area contributed by atoms with Gasteiger partial charge < -0.3 is 10.6 Å². The molecule has 2 amide bonds. The third-order valence-corrected chi connectivity index (χ3v) is 4.42. The fourth-order valence-corrected chi connectivity index (χ4v) is 3.10. The predicted molar refractivity (Wildman–Crippen MR) is 109 cm³/mol. The first-order valence-electron chi connectivity index (χ1n) is 9.00. The number of carbonyl (C=O) groups is 2.